The van der Waals surface area contributed by atoms with Gasteiger partial charge in [0.1, 0.15) is 62.5 Å². The van der Waals surface area contributed by atoms with E-state index in [0.717, 1.165) is 33.4 Å². The molecule has 0 heterocycles. The lowest BCUT2D eigenvalue weighted by Gasteiger charge is -2.41. The number of ether oxygens (including phenoxy) is 6. The van der Waals surface area contributed by atoms with E-state index in [4.69, 9.17) is 93.7 Å². The highest BCUT2D eigenvalue weighted by molar-refractivity contribution is 5.88. The summed E-state index contributed by atoms with van der Waals surface area (Å²) >= 11 is 0. The van der Waals surface area contributed by atoms with E-state index in [9.17, 15) is 64.2 Å². The molecule has 0 aliphatic rings. The molecule has 0 aliphatic carbocycles. The second kappa shape index (κ2) is 77.7. The molecule has 0 bridgehead atoms. The summed E-state index contributed by atoms with van der Waals surface area (Å²) < 4.78 is 29.8. The third kappa shape index (κ3) is 55.3. The van der Waals surface area contributed by atoms with Crippen molar-refractivity contribution < 1.29 is 163 Å². The third-order valence-corrected chi connectivity index (χ3v) is 20.0. The number of carbonyl (C=O) groups is 7. The second-order valence-electron chi connectivity index (χ2n) is 31.6. The molecule has 2 rings (SSSR count). The number of nitrogens with one attached hydrogen (secondary N) is 3. The van der Waals surface area contributed by atoms with Crippen LogP contribution in [0.1, 0.15) is 157 Å². The first-order chi connectivity index (χ1) is 62.6. The molecule has 0 aromatic heterocycles. The number of benzene rings is 2. The molecule has 758 valence electrons. The molecule has 0 saturated carbocycles. The first kappa shape index (κ1) is 132. The van der Waals surface area contributed by atoms with Gasteiger partial charge in [0.05, 0.1) is 154 Å². The van der Waals surface area contributed by atoms with Gasteiger partial charge >= 0.3 is 35.8 Å². The Morgan fingerprint density at radius 2 is 0.765 bits per heavy atom. The van der Waals surface area contributed by atoms with Crippen LogP contribution in [0.15, 0.2) is 148 Å². The zero-order chi connectivity index (χ0) is 102. The topological polar surface area (TPSA) is 553 Å². The molecule has 0 radical (unpaired) electrons. The number of hydrogen-bond donors (Lipinski definition) is 17. The van der Waals surface area contributed by atoms with Gasteiger partial charge in [-0.05, 0) is 116 Å². The summed E-state index contributed by atoms with van der Waals surface area (Å²) in [6.45, 7) is 52.1. The van der Waals surface area contributed by atoms with Crippen LogP contribution < -0.4 is 16.0 Å². The number of nitrogens with zero attached hydrogens (tertiary/aromatic N) is 1. The number of esters is 6. The summed E-state index contributed by atoms with van der Waals surface area (Å²) in [5.74, 6) is -3.77. The number of aliphatic hydroxyl groups excluding tert-OH is 14. The van der Waals surface area contributed by atoms with E-state index in [2.05, 4.69) is 109 Å². The molecule has 1 amide bonds. The van der Waals surface area contributed by atoms with Gasteiger partial charge in [0.15, 0.2) is 0 Å². The molecule has 0 saturated heterocycles. The van der Waals surface area contributed by atoms with Crippen LogP contribution in [0.3, 0.4) is 0 Å². The SMILES string of the molecule is C=C(C)C(=O)OCC(COC(=O)C(=C)C)NC(CC)(CO)CO.C=C(C)C(=O)OCCCNC(CC)(CO)CO.C=C(C)COOCCCOC(=O)C(CC)(CO)CO.C=C(C)COOCCOC(=O)C(C)(CO)CO.C=CCNC(=O)C(C)(CO)CO.C=CCOOCCCOC(=O)C(CC)(CO)CO.C=Cc1ccc(CN(Cc2ccc(C=C)cc2)C(CC)(CO)CO)cc1. The molecule has 0 unspecified atom stereocenters. The van der Waals surface area contributed by atoms with Crippen molar-refractivity contribution in [2.75, 3.05) is 185 Å². The molecule has 17 N–H and O–H groups in total. The highest BCUT2D eigenvalue weighted by Gasteiger charge is 2.40. The summed E-state index contributed by atoms with van der Waals surface area (Å²) in [6, 6.07) is 15.8. The van der Waals surface area contributed by atoms with Crippen molar-refractivity contribution >= 4 is 53.9 Å². The van der Waals surface area contributed by atoms with Crippen LogP contribution in [0.5, 0.6) is 0 Å². The highest BCUT2D eigenvalue weighted by atomic mass is 17.2. The zero-order valence-electron chi connectivity index (χ0n) is 80.2. The predicted octanol–water partition coefficient (Wildman–Crippen LogP) is 5.23. The van der Waals surface area contributed by atoms with Crippen molar-refractivity contribution in [3.05, 3.63) is 170 Å². The molecule has 2 aromatic carbocycles. The Labute approximate surface area is 780 Å². The molecular formula is C95H160N4O33. The lowest BCUT2D eigenvalue weighted by molar-refractivity contribution is -0.292. The molecule has 132 heavy (non-hydrogen) atoms. The Balaban J connectivity index is -0.000000480. The summed E-state index contributed by atoms with van der Waals surface area (Å²) in [7, 11) is 0. The fourth-order valence-electron chi connectivity index (χ4n) is 9.52. The van der Waals surface area contributed by atoms with Crippen molar-refractivity contribution in [2.45, 2.75) is 170 Å². The van der Waals surface area contributed by atoms with E-state index in [1.165, 1.54) is 33.8 Å². The maximum atomic E-state index is 11.7. The largest absolute Gasteiger partial charge is 0.465 e. The molecule has 0 aliphatic heterocycles. The molecule has 0 atom stereocenters. The van der Waals surface area contributed by atoms with E-state index in [-0.39, 0.29) is 123 Å². The molecule has 37 heteroatoms. The number of amides is 1. The van der Waals surface area contributed by atoms with Gasteiger partial charge < -0.3 is 111 Å². The maximum absolute atomic E-state index is 11.7. The minimum Gasteiger partial charge on any atom is -0.465 e. The normalized spacial score (nSPS) is 11.3. The van der Waals surface area contributed by atoms with Crippen LogP contribution in [0.2, 0.25) is 0 Å². The number of aliphatic hydroxyl groups is 14. The lowest BCUT2D eigenvalue weighted by atomic mass is 9.87. The van der Waals surface area contributed by atoms with Crippen molar-refractivity contribution in [3.8, 4) is 0 Å². The summed E-state index contributed by atoms with van der Waals surface area (Å²) in [6.07, 6.45) is 10.7. The smallest absolute Gasteiger partial charge is 0.333 e. The van der Waals surface area contributed by atoms with Crippen molar-refractivity contribution in [1.29, 1.82) is 0 Å². The first-order valence-corrected chi connectivity index (χ1v) is 43.3. The zero-order valence-corrected chi connectivity index (χ0v) is 80.2. The van der Waals surface area contributed by atoms with Gasteiger partial charge in [0.2, 0.25) is 5.91 Å². The Morgan fingerprint density at radius 1 is 0.394 bits per heavy atom. The number of carbonyl (C=O) groups excluding carboxylic acids is 7. The highest BCUT2D eigenvalue weighted by Crippen LogP contribution is 2.28. The Hall–Kier alpha value is -8.53. The van der Waals surface area contributed by atoms with Crippen LogP contribution in [-0.2, 0) is 104 Å². The van der Waals surface area contributed by atoms with E-state index < -0.39 is 120 Å². The first-order valence-electron chi connectivity index (χ1n) is 43.3. The van der Waals surface area contributed by atoms with Crippen LogP contribution in [-0.4, -0.2) is 326 Å². The fourth-order valence-corrected chi connectivity index (χ4v) is 9.52. The summed E-state index contributed by atoms with van der Waals surface area (Å²) in [5.41, 5.74) is -0.0928. The maximum Gasteiger partial charge on any atom is 0.333 e. The average molecular weight is 1890 g/mol. The van der Waals surface area contributed by atoms with Gasteiger partial charge in [-0.2, -0.15) is 0 Å². The second-order valence-corrected chi connectivity index (χ2v) is 31.6. The summed E-state index contributed by atoms with van der Waals surface area (Å²) in [4.78, 5) is 111. The minimum atomic E-state index is -1.28. The molecule has 0 spiro atoms. The van der Waals surface area contributed by atoms with Gasteiger partial charge in [-0.15, -0.1) is 13.2 Å². The van der Waals surface area contributed by atoms with Crippen LogP contribution >= 0.6 is 0 Å². The van der Waals surface area contributed by atoms with E-state index >= 15 is 0 Å². The lowest BCUT2D eigenvalue weighted by Crippen LogP contribution is -2.58. The third-order valence-electron chi connectivity index (χ3n) is 20.0. The van der Waals surface area contributed by atoms with Gasteiger partial charge in [-0.1, -0.05) is 165 Å². The van der Waals surface area contributed by atoms with Crippen LogP contribution in [0, 0.1) is 21.7 Å². The van der Waals surface area contributed by atoms with Gasteiger partial charge in [0.25, 0.3) is 0 Å². The van der Waals surface area contributed by atoms with E-state index in [0.29, 0.717) is 110 Å². The van der Waals surface area contributed by atoms with Crippen LogP contribution in [0.25, 0.3) is 12.2 Å². The standard InChI is InChI=1S/C23H29NO2.C16H27NO6.C13H24O6.C12H23NO4.C12H22O6.C11H20O6.C8H15NO3/c1-4-19-7-11-21(12-8-19)15-24(23(6-3,17-25)18-26)16-22-13-9-20(5-2)10-14-22;1-6-16(9-18,10-19)17-13(7-22-14(20)11(2)3)8-23-15(21)12(4)5;1-4-13(9-14,10-15)12(16)17-6-5-7-18-19-8-11(2)3;1-4-12(8-14,9-15)13-6-5-7-17-11(16)10(2)3;1-3-6-17-18-8-5-7-16-11(15)12(4-2,9-13)10-14;1-9(2)6-17-16-5-4-15-10(14)11(3,7-12)8-13;1-3-4-9-7(12)8(2,5-10)6-11/h4-5,7-14,25-26H,1-2,6,15-18H2,3H3;13,17-19H,2,4,6-10H2,1,3,5H3;14-15H,2,4-10H2,1,3H3;13-15H,2,4-9H2,1,3H3;3,13-14H,1,4-10H2,2H3;12-13H,1,4-8H2,2-3H3;3,10-11H,1,4-6H2,2H3,(H,9,12). The van der Waals surface area contributed by atoms with Gasteiger partial charge in [-0.25, -0.2) is 43.7 Å². The van der Waals surface area contributed by atoms with E-state index in [1.54, 1.807) is 40.7 Å². The Bertz CT molecular complexity index is 3420. The number of hydrogen-bond acceptors (Lipinski definition) is 36. The number of rotatable bonds is 66. The fraction of sp³-hybridized carbons (Fsp3) is 0.611. The van der Waals surface area contributed by atoms with Gasteiger partial charge in [0, 0.05) is 49.2 Å². The van der Waals surface area contributed by atoms with Crippen molar-refractivity contribution in [2.24, 2.45) is 21.7 Å². The molecular weight excluding hydrogens is 1730 g/mol. The molecule has 0 fully saturated rings. The van der Waals surface area contributed by atoms with Gasteiger partial charge in [-0.3, -0.25) is 29.4 Å². The molecule has 2 aromatic rings. The monoisotopic (exact) mass is 1890 g/mol. The predicted molar refractivity (Wildman–Crippen MR) is 500 cm³/mol. The Kier molecular flexibility index (Phi) is 77.7. The Morgan fingerprint density at radius 3 is 1.08 bits per heavy atom. The van der Waals surface area contributed by atoms with Crippen molar-refractivity contribution in [1.82, 2.24) is 20.9 Å². The quantitative estimate of drug-likeness (QED) is 0.00767. The summed E-state index contributed by atoms with van der Waals surface area (Å²) in [5, 5.41) is 138. The van der Waals surface area contributed by atoms with Crippen LogP contribution in [0.4, 0.5) is 0 Å². The molecule has 37 nitrogen and oxygen atoms in total. The average Bonchev–Trinajstić information content (AvgIpc) is 0.815. The minimum absolute atomic E-state index is 0.00931. The van der Waals surface area contributed by atoms with Crippen molar-refractivity contribution in [3.63, 3.8) is 0 Å². The van der Waals surface area contributed by atoms with E-state index in [1.807, 2.05) is 57.2 Å².